The Kier molecular flexibility index (Phi) is 4.19. The van der Waals surface area contributed by atoms with Gasteiger partial charge in [-0.2, -0.15) is 4.68 Å². The molecule has 4 aromatic rings. The summed E-state index contributed by atoms with van der Waals surface area (Å²) < 4.78 is 1.75. The Labute approximate surface area is 150 Å². The van der Waals surface area contributed by atoms with Crippen molar-refractivity contribution in [2.45, 2.75) is 24.6 Å². The summed E-state index contributed by atoms with van der Waals surface area (Å²) >= 11 is 1.67. The SMILES string of the molecule is Cc1ccc(C)c(CSc2ncnc3c2nnn3-c2ccccc2)c1. The van der Waals surface area contributed by atoms with Gasteiger partial charge in [-0.15, -0.1) is 5.10 Å². The van der Waals surface area contributed by atoms with E-state index in [0.717, 1.165) is 27.6 Å². The van der Waals surface area contributed by atoms with Gasteiger partial charge in [0, 0.05) is 5.75 Å². The van der Waals surface area contributed by atoms with Crippen molar-refractivity contribution in [1.29, 1.82) is 0 Å². The van der Waals surface area contributed by atoms with Gasteiger partial charge in [0.05, 0.1) is 5.69 Å². The minimum absolute atomic E-state index is 0.727. The van der Waals surface area contributed by atoms with Crippen molar-refractivity contribution < 1.29 is 0 Å². The third-order valence-electron chi connectivity index (χ3n) is 4.07. The first-order valence-electron chi connectivity index (χ1n) is 8.03. The van der Waals surface area contributed by atoms with Gasteiger partial charge in [-0.25, -0.2) is 9.97 Å². The van der Waals surface area contributed by atoms with Crippen LogP contribution in [0.2, 0.25) is 0 Å². The normalized spacial score (nSPS) is 11.1. The Hall–Kier alpha value is -2.73. The molecule has 0 atom stereocenters. The fourth-order valence-electron chi connectivity index (χ4n) is 2.68. The Bertz CT molecular complexity index is 1030. The van der Waals surface area contributed by atoms with Crippen LogP contribution in [0.1, 0.15) is 16.7 Å². The Morgan fingerprint density at radius 2 is 1.84 bits per heavy atom. The lowest BCUT2D eigenvalue weighted by Gasteiger charge is -2.07. The summed E-state index contributed by atoms with van der Waals surface area (Å²) in [5, 5.41) is 9.43. The third kappa shape index (κ3) is 3.13. The molecular formula is C19H17N5S. The molecule has 124 valence electrons. The van der Waals surface area contributed by atoms with Gasteiger partial charge < -0.3 is 0 Å². The molecule has 2 heterocycles. The summed E-state index contributed by atoms with van der Waals surface area (Å²) in [7, 11) is 0. The maximum absolute atomic E-state index is 4.42. The van der Waals surface area contributed by atoms with Crippen LogP contribution >= 0.6 is 11.8 Å². The number of hydrogen-bond donors (Lipinski definition) is 0. The molecule has 0 fully saturated rings. The van der Waals surface area contributed by atoms with Crippen molar-refractivity contribution in [3.05, 3.63) is 71.5 Å². The number of para-hydroxylation sites is 1. The van der Waals surface area contributed by atoms with Gasteiger partial charge in [-0.1, -0.05) is 58.9 Å². The Morgan fingerprint density at radius 3 is 2.68 bits per heavy atom. The predicted molar refractivity (Wildman–Crippen MR) is 99.9 cm³/mol. The lowest BCUT2D eigenvalue weighted by Crippen LogP contribution is -1.97. The molecule has 0 amide bonds. The van der Waals surface area contributed by atoms with Crippen molar-refractivity contribution >= 4 is 22.9 Å². The lowest BCUT2D eigenvalue weighted by molar-refractivity contribution is 0.817. The van der Waals surface area contributed by atoms with Gasteiger partial charge in [0.25, 0.3) is 0 Å². The fraction of sp³-hybridized carbons (Fsp3) is 0.158. The highest BCUT2D eigenvalue weighted by Crippen LogP contribution is 2.28. The fourth-order valence-corrected chi connectivity index (χ4v) is 3.67. The van der Waals surface area contributed by atoms with Crippen molar-refractivity contribution in [2.24, 2.45) is 0 Å². The molecule has 2 aromatic heterocycles. The largest absolute Gasteiger partial charge is 0.227 e. The molecule has 0 aliphatic rings. The van der Waals surface area contributed by atoms with E-state index in [-0.39, 0.29) is 0 Å². The van der Waals surface area contributed by atoms with Gasteiger partial charge >= 0.3 is 0 Å². The van der Waals surface area contributed by atoms with Gasteiger partial charge in [0.15, 0.2) is 11.2 Å². The molecule has 0 bridgehead atoms. The highest BCUT2D eigenvalue weighted by molar-refractivity contribution is 7.98. The molecule has 0 N–H and O–H groups in total. The van der Waals surface area contributed by atoms with Crippen LogP contribution in [-0.2, 0) is 5.75 Å². The first-order valence-corrected chi connectivity index (χ1v) is 9.02. The van der Waals surface area contributed by atoms with Crippen molar-refractivity contribution in [3.8, 4) is 5.69 Å². The number of rotatable bonds is 4. The number of benzene rings is 2. The van der Waals surface area contributed by atoms with Crippen molar-refractivity contribution in [3.63, 3.8) is 0 Å². The van der Waals surface area contributed by atoms with E-state index in [2.05, 4.69) is 52.3 Å². The molecule has 0 unspecified atom stereocenters. The standard InChI is InChI=1S/C19H17N5S/c1-13-8-9-14(2)15(10-13)11-25-19-17-18(20-12-21-19)24(23-22-17)16-6-4-3-5-7-16/h3-10,12H,11H2,1-2H3. The zero-order chi connectivity index (χ0) is 17.2. The van der Waals surface area contributed by atoms with E-state index in [1.54, 1.807) is 22.8 Å². The second kappa shape index (κ2) is 6.64. The number of aryl methyl sites for hydroxylation is 2. The number of aromatic nitrogens is 5. The quantitative estimate of drug-likeness (QED) is 0.410. The summed E-state index contributed by atoms with van der Waals surface area (Å²) in [6.45, 7) is 4.25. The van der Waals surface area contributed by atoms with Crippen LogP contribution in [0.25, 0.3) is 16.9 Å². The zero-order valence-corrected chi connectivity index (χ0v) is 14.9. The first-order chi connectivity index (χ1) is 12.2. The average molecular weight is 347 g/mol. The molecule has 0 aliphatic heterocycles. The molecule has 0 saturated carbocycles. The van der Waals surface area contributed by atoms with E-state index in [1.165, 1.54) is 16.7 Å². The molecule has 0 spiro atoms. The molecule has 5 nitrogen and oxygen atoms in total. The van der Waals surface area contributed by atoms with E-state index in [9.17, 15) is 0 Å². The van der Waals surface area contributed by atoms with Crippen molar-refractivity contribution in [2.75, 3.05) is 0 Å². The van der Waals surface area contributed by atoms with Crippen LogP contribution in [0, 0.1) is 13.8 Å². The van der Waals surface area contributed by atoms with Gasteiger partial charge in [-0.05, 0) is 37.1 Å². The van der Waals surface area contributed by atoms with Crippen LogP contribution in [0.15, 0.2) is 59.9 Å². The summed E-state index contributed by atoms with van der Waals surface area (Å²) in [5.41, 5.74) is 6.27. The second-order valence-corrected chi connectivity index (χ2v) is 6.87. The monoisotopic (exact) mass is 347 g/mol. The molecule has 0 aliphatic carbocycles. The first kappa shape index (κ1) is 15.8. The number of fused-ring (bicyclic) bond motifs is 1. The van der Waals surface area contributed by atoms with E-state index in [4.69, 9.17) is 0 Å². The third-order valence-corrected chi connectivity index (χ3v) is 5.10. The minimum Gasteiger partial charge on any atom is -0.227 e. The van der Waals surface area contributed by atoms with Crippen molar-refractivity contribution in [1.82, 2.24) is 25.0 Å². The van der Waals surface area contributed by atoms with E-state index < -0.39 is 0 Å². The van der Waals surface area contributed by atoms with Crippen LogP contribution in [-0.4, -0.2) is 25.0 Å². The van der Waals surface area contributed by atoms with Gasteiger partial charge in [-0.3, -0.25) is 0 Å². The predicted octanol–water partition coefficient (Wildman–Crippen LogP) is 4.12. The summed E-state index contributed by atoms with van der Waals surface area (Å²) in [4.78, 5) is 8.80. The summed E-state index contributed by atoms with van der Waals surface area (Å²) in [6, 6.07) is 16.4. The van der Waals surface area contributed by atoms with Crippen LogP contribution < -0.4 is 0 Å². The molecule has 25 heavy (non-hydrogen) atoms. The Balaban J connectivity index is 1.67. The molecule has 6 heteroatoms. The molecule has 0 radical (unpaired) electrons. The molecule has 4 rings (SSSR count). The summed E-state index contributed by atoms with van der Waals surface area (Å²) in [5.74, 6) is 0.845. The molecular weight excluding hydrogens is 330 g/mol. The van der Waals surface area contributed by atoms with E-state index >= 15 is 0 Å². The maximum atomic E-state index is 4.42. The topological polar surface area (TPSA) is 56.5 Å². The van der Waals surface area contributed by atoms with Crippen LogP contribution in [0.4, 0.5) is 0 Å². The highest BCUT2D eigenvalue weighted by Gasteiger charge is 2.13. The number of nitrogens with zero attached hydrogens (tertiary/aromatic N) is 5. The average Bonchev–Trinajstić information content (AvgIpc) is 3.08. The number of thioether (sulfide) groups is 1. The second-order valence-electron chi connectivity index (χ2n) is 5.91. The number of hydrogen-bond acceptors (Lipinski definition) is 5. The van der Waals surface area contributed by atoms with Gasteiger partial charge in [0.1, 0.15) is 11.4 Å². The highest BCUT2D eigenvalue weighted by atomic mass is 32.2. The zero-order valence-electron chi connectivity index (χ0n) is 14.0. The van der Waals surface area contributed by atoms with Crippen LogP contribution in [0.5, 0.6) is 0 Å². The smallest absolute Gasteiger partial charge is 0.187 e. The summed E-state index contributed by atoms with van der Waals surface area (Å²) in [6.07, 6.45) is 1.58. The lowest BCUT2D eigenvalue weighted by atomic mass is 10.1. The molecule has 0 saturated heterocycles. The Morgan fingerprint density at radius 1 is 1.00 bits per heavy atom. The van der Waals surface area contributed by atoms with Gasteiger partial charge in [0.2, 0.25) is 0 Å². The van der Waals surface area contributed by atoms with E-state index in [1.807, 2.05) is 30.3 Å². The van der Waals surface area contributed by atoms with E-state index in [0.29, 0.717) is 0 Å². The molecule has 2 aromatic carbocycles. The minimum atomic E-state index is 0.727. The van der Waals surface area contributed by atoms with Crippen LogP contribution in [0.3, 0.4) is 0 Å². The maximum Gasteiger partial charge on any atom is 0.187 e.